The minimum absolute atomic E-state index is 0.262. The second-order valence-electron chi connectivity index (χ2n) is 4.09. The zero-order chi connectivity index (χ0) is 14.7. The van der Waals surface area contributed by atoms with Gasteiger partial charge in [-0.3, -0.25) is 0 Å². The van der Waals surface area contributed by atoms with Crippen LogP contribution in [0.4, 0.5) is 14.5 Å². The molecule has 2 aromatic carbocycles. The largest absolute Gasteiger partial charge is 0.478 e. The molecule has 0 atom stereocenters. The molecular formula is C14H10ClF2NO2. The Morgan fingerprint density at radius 1 is 1.20 bits per heavy atom. The van der Waals surface area contributed by atoms with E-state index in [2.05, 4.69) is 5.32 Å². The first-order valence-electron chi connectivity index (χ1n) is 5.68. The number of carboxylic acid groups (broad SMARTS) is 1. The Labute approximate surface area is 118 Å². The summed E-state index contributed by atoms with van der Waals surface area (Å²) in [6.07, 6.45) is 0. The van der Waals surface area contributed by atoms with Gasteiger partial charge >= 0.3 is 5.97 Å². The molecule has 2 aromatic rings. The summed E-state index contributed by atoms with van der Waals surface area (Å²) in [7, 11) is 0. The Balaban J connectivity index is 2.15. The molecule has 0 aliphatic heterocycles. The van der Waals surface area contributed by atoms with Crippen molar-refractivity contribution in [1.29, 1.82) is 0 Å². The lowest BCUT2D eigenvalue weighted by atomic mass is 10.1. The predicted molar refractivity (Wildman–Crippen MR) is 72.1 cm³/mol. The lowest BCUT2D eigenvalue weighted by molar-refractivity contribution is 0.0692. The number of halogens is 3. The van der Waals surface area contributed by atoms with Crippen molar-refractivity contribution in [2.24, 2.45) is 0 Å². The van der Waals surface area contributed by atoms with Gasteiger partial charge in [-0.25, -0.2) is 13.6 Å². The van der Waals surface area contributed by atoms with E-state index < -0.39 is 23.2 Å². The summed E-state index contributed by atoms with van der Waals surface area (Å²) in [5.74, 6) is -2.58. The van der Waals surface area contributed by atoms with Gasteiger partial charge in [-0.05, 0) is 35.9 Å². The van der Waals surface area contributed by atoms with Crippen molar-refractivity contribution in [2.45, 2.75) is 6.54 Å². The van der Waals surface area contributed by atoms with Crippen molar-refractivity contribution in [2.75, 3.05) is 5.32 Å². The first kappa shape index (κ1) is 14.3. The number of rotatable bonds is 4. The van der Waals surface area contributed by atoms with E-state index >= 15 is 0 Å². The van der Waals surface area contributed by atoms with Crippen LogP contribution < -0.4 is 5.32 Å². The molecule has 0 spiro atoms. The van der Waals surface area contributed by atoms with Crippen LogP contribution in [-0.2, 0) is 6.54 Å². The van der Waals surface area contributed by atoms with Crippen LogP contribution in [0.3, 0.4) is 0 Å². The van der Waals surface area contributed by atoms with Gasteiger partial charge in [0.15, 0.2) is 0 Å². The van der Waals surface area contributed by atoms with Crippen molar-refractivity contribution in [3.63, 3.8) is 0 Å². The maximum Gasteiger partial charge on any atom is 0.338 e. The molecule has 6 heteroatoms. The highest BCUT2D eigenvalue weighted by Gasteiger charge is 2.11. The van der Waals surface area contributed by atoms with Gasteiger partial charge in [-0.1, -0.05) is 17.7 Å². The van der Waals surface area contributed by atoms with Crippen molar-refractivity contribution in [3.05, 3.63) is 64.2 Å². The minimum atomic E-state index is -1.34. The predicted octanol–water partition coefficient (Wildman–Crippen LogP) is 3.93. The van der Waals surface area contributed by atoms with Gasteiger partial charge in [-0.15, -0.1) is 0 Å². The lowest BCUT2D eigenvalue weighted by Crippen LogP contribution is -2.04. The molecule has 3 nitrogen and oxygen atoms in total. The Morgan fingerprint density at radius 3 is 2.60 bits per heavy atom. The van der Waals surface area contributed by atoms with Crippen LogP contribution in [0.5, 0.6) is 0 Å². The first-order valence-corrected chi connectivity index (χ1v) is 6.06. The molecule has 2 rings (SSSR count). The van der Waals surface area contributed by atoms with Crippen LogP contribution in [0.25, 0.3) is 0 Å². The van der Waals surface area contributed by atoms with E-state index in [1.54, 1.807) is 0 Å². The third kappa shape index (κ3) is 3.24. The number of hydrogen-bond donors (Lipinski definition) is 2. The quantitative estimate of drug-likeness (QED) is 0.899. The summed E-state index contributed by atoms with van der Waals surface area (Å²) < 4.78 is 26.1. The number of aromatic carboxylic acids is 1. The second kappa shape index (κ2) is 5.88. The van der Waals surface area contributed by atoms with Gasteiger partial charge in [0.05, 0.1) is 5.56 Å². The van der Waals surface area contributed by atoms with Crippen molar-refractivity contribution >= 4 is 23.3 Å². The zero-order valence-electron chi connectivity index (χ0n) is 10.2. The highest BCUT2D eigenvalue weighted by atomic mass is 35.5. The van der Waals surface area contributed by atoms with Crippen molar-refractivity contribution < 1.29 is 18.7 Å². The molecule has 0 aliphatic rings. The molecule has 0 heterocycles. The van der Waals surface area contributed by atoms with Crippen LogP contribution in [0.15, 0.2) is 36.4 Å². The fourth-order valence-electron chi connectivity index (χ4n) is 1.66. The summed E-state index contributed by atoms with van der Waals surface area (Å²) >= 11 is 5.87. The van der Waals surface area contributed by atoms with Crippen LogP contribution in [0.1, 0.15) is 15.9 Å². The SMILES string of the molecule is O=C(O)c1cc(NCc2ccc(F)cc2Cl)ccc1F. The topological polar surface area (TPSA) is 49.3 Å². The zero-order valence-corrected chi connectivity index (χ0v) is 10.9. The van der Waals surface area contributed by atoms with E-state index in [1.807, 2.05) is 0 Å². The molecule has 0 bridgehead atoms. The third-order valence-electron chi connectivity index (χ3n) is 2.69. The van der Waals surface area contributed by atoms with Gasteiger partial charge < -0.3 is 10.4 Å². The Hall–Kier alpha value is -2.14. The maximum atomic E-state index is 13.2. The molecule has 0 aliphatic carbocycles. The Bertz CT molecular complexity index is 662. The molecule has 0 unspecified atom stereocenters. The molecule has 0 saturated carbocycles. The number of carbonyl (C=O) groups is 1. The number of hydrogen-bond acceptors (Lipinski definition) is 2. The third-order valence-corrected chi connectivity index (χ3v) is 3.05. The molecule has 2 N–H and O–H groups in total. The van der Waals surface area contributed by atoms with E-state index in [4.69, 9.17) is 16.7 Å². The number of benzene rings is 2. The molecule has 0 radical (unpaired) electrons. The number of carboxylic acids is 1. The van der Waals surface area contributed by atoms with Crippen molar-refractivity contribution in [1.82, 2.24) is 0 Å². The summed E-state index contributed by atoms with van der Waals surface area (Å²) in [6, 6.07) is 7.65. The normalized spacial score (nSPS) is 10.3. The first-order chi connectivity index (χ1) is 9.47. The lowest BCUT2D eigenvalue weighted by Gasteiger charge is -2.09. The van der Waals surface area contributed by atoms with E-state index in [9.17, 15) is 13.6 Å². The van der Waals surface area contributed by atoms with Gasteiger partial charge in [0.1, 0.15) is 11.6 Å². The summed E-state index contributed by atoms with van der Waals surface area (Å²) in [5, 5.41) is 12.0. The fraction of sp³-hybridized carbons (Fsp3) is 0.0714. The molecule has 20 heavy (non-hydrogen) atoms. The Morgan fingerprint density at radius 2 is 1.95 bits per heavy atom. The van der Waals surface area contributed by atoms with E-state index in [0.29, 0.717) is 11.3 Å². The van der Waals surface area contributed by atoms with Gasteiger partial charge in [0.2, 0.25) is 0 Å². The second-order valence-corrected chi connectivity index (χ2v) is 4.50. The van der Waals surface area contributed by atoms with Crippen LogP contribution in [0.2, 0.25) is 5.02 Å². The number of nitrogens with one attached hydrogen (secondary N) is 1. The summed E-state index contributed by atoms with van der Waals surface area (Å²) in [4.78, 5) is 10.8. The van der Waals surface area contributed by atoms with Gasteiger partial charge in [0.25, 0.3) is 0 Å². The van der Waals surface area contributed by atoms with E-state index in [-0.39, 0.29) is 11.6 Å². The molecule has 104 valence electrons. The maximum absolute atomic E-state index is 13.2. The monoisotopic (exact) mass is 297 g/mol. The smallest absolute Gasteiger partial charge is 0.338 e. The molecule has 0 fully saturated rings. The van der Waals surface area contributed by atoms with E-state index in [0.717, 1.165) is 6.07 Å². The highest BCUT2D eigenvalue weighted by molar-refractivity contribution is 6.31. The number of anilines is 1. The Kier molecular flexibility index (Phi) is 4.20. The van der Waals surface area contributed by atoms with E-state index in [1.165, 1.54) is 30.3 Å². The standard InChI is InChI=1S/C14H10ClF2NO2/c15-12-5-9(16)2-1-8(12)7-18-10-3-4-13(17)11(6-10)14(19)20/h1-6,18H,7H2,(H,19,20). The summed E-state index contributed by atoms with van der Waals surface area (Å²) in [6.45, 7) is 0.268. The average Bonchev–Trinajstić information content (AvgIpc) is 2.39. The highest BCUT2D eigenvalue weighted by Crippen LogP contribution is 2.20. The van der Waals surface area contributed by atoms with Crippen LogP contribution in [0, 0.1) is 11.6 Å². The molecular weight excluding hydrogens is 288 g/mol. The van der Waals surface area contributed by atoms with Crippen LogP contribution >= 0.6 is 11.6 Å². The van der Waals surface area contributed by atoms with Gasteiger partial charge in [-0.2, -0.15) is 0 Å². The fourth-order valence-corrected chi connectivity index (χ4v) is 1.90. The minimum Gasteiger partial charge on any atom is -0.478 e. The van der Waals surface area contributed by atoms with Gasteiger partial charge in [0, 0.05) is 17.3 Å². The molecule has 0 aromatic heterocycles. The molecule has 0 amide bonds. The van der Waals surface area contributed by atoms with Crippen LogP contribution in [-0.4, -0.2) is 11.1 Å². The average molecular weight is 298 g/mol. The molecule has 0 saturated heterocycles. The van der Waals surface area contributed by atoms with Crippen molar-refractivity contribution in [3.8, 4) is 0 Å². The summed E-state index contributed by atoms with van der Waals surface area (Å²) in [5.41, 5.74) is 0.665.